The first-order valence-corrected chi connectivity index (χ1v) is 8.95. The molecule has 124 valence electrons. The largest absolute Gasteiger partial charge is 0.330 e. The predicted octanol–water partition coefficient (Wildman–Crippen LogP) is 3.02. The molecular weight excluding hydrogens is 339 g/mol. The van der Waals surface area contributed by atoms with Gasteiger partial charge in [-0.05, 0) is 36.7 Å². The molecule has 0 unspecified atom stereocenters. The quantitative estimate of drug-likeness (QED) is 0.829. The van der Waals surface area contributed by atoms with E-state index in [1.54, 1.807) is 0 Å². The Morgan fingerprint density at radius 1 is 1.13 bits per heavy atom. The van der Waals surface area contributed by atoms with Gasteiger partial charge in [-0.2, -0.15) is 4.31 Å². The van der Waals surface area contributed by atoms with Crippen LogP contribution in [0.2, 0.25) is 5.02 Å². The van der Waals surface area contributed by atoms with Gasteiger partial charge in [0.1, 0.15) is 5.82 Å². The van der Waals surface area contributed by atoms with Crippen molar-refractivity contribution in [1.29, 1.82) is 0 Å². The molecule has 0 aliphatic carbocycles. The van der Waals surface area contributed by atoms with Crippen LogP contribution >= 0.6 is 11.6 Å². The minimum Gasteiger partial charge on any atom is -0.330 e. The summed E-state index contributed by atoms with van der Waals surface area (Å²) < 4.78 is 40.4. The highest BCUT2D eigenvalue weighted by Crippen LogP contribution is 2.23. The van der Waals surface area contributed by atoms with Crippen molar-refractivity contribution in [2.45, 2.75) is 17.9 Å². The summed E-state index contributed by atoms with van der Waals surface area (Å²) in [5, 5.41) is 0.0436. The molecule has 0 saturated heterocycles. The fourth-order valence-electron chi connectivity index (χ4n) is 2.17. The van der Waals surface area contributed by atoms with Crippen LogP contribution in [-0.2, 0) is 16.6 Å². The molecule has 0 saturated carbocycles. The Balaban J connectivity index is 2.36. The third-order valence-corrected chi connectivity index (χ3v) is 5.33. The maximum absolute atomic E-state index is 13.5. The van der Waals surface area contributed by atoms with E-state index in [1.807, 2.05) is 30.3 Å². The molecule has 0 aliphatic heterocycles. The maximum Gasteiger partial charge on any atom is 0.243 e. The molecule has 0 aromatic heterocycles. The molecule has 0 aliphatic rings. The van der Waals surface area contributed by atoms with E-state index in [4.69, 9.17) is 17.3 Å². The number of halogens is 2. The highest BCUT2D eigenvalue weighted by molar-refractivity contribution is 7.89. The van der Waals surface area contributed by atoms with Gasteiger partial charge in [0.15, 0.2) is 0 Å². The molecule has 23 heavy (non-hydrogen) atoms. The number of sulfonamides is 1. The van der Waals surface area contributed by atoms with Gasteiger partial charge < -0.3 is 5.73 Å². The van der Waals surface area contributed by atoms with Gasteiger partial charge in [0.25, 0.3) is 0 Å². The van der Waals surface area contributed by atoms with Crippen LogP contribution in [0.3, 0.4) is 0 Å². The van der Waals surface area contributed by atoms with Crippen molar-refractivity contribution in [1.82, 2.24) is 4.31 Å². The van der Waals surface area contributed by atoms with E-state index < -0.39 is 15.8 Å². The summed E-state index contributed by atoms with van der Waals surface area (Å²) in [4.78, 5) is -0.157. The Kier molecular flexibility index (Phi) is 6.12. The normalized spacial score (nSPS) is 11.8. The standard InChI is InChI=1S/C16H18ClFN2O2S/c17-14-9-15(18)11-16(10-14)23(21,22)20(8-4-7-19)12-13-5-2-1-3-6-13/h1-3,5-6,9-11H,4,7-8,12,19H2. The highest BCUT2D eigenvalue weighted by Gasteiger charge is 2.25. The van der Waals surface area contributed by atoms with E-state index >= 15 is 0 Å². The highest BCUT2D eigenvalue weighted by atomic mass is 35.5. The van der Waals surface area contributed by atoms with Gasteiger partial charge in [-0.3, -0.25) is 0 Å². The molecule has 0 fully saturated rings. The van der Waals surface area contributed by atoms with Gasteiger partial charge in [0, 0.05) is 18.1 Å². The monoisotopic (exact) mass is 356 g/mol. The molecule has 4 nitrogen and oxygen atoms in total. The van der Waals surface area contributed by atoms with Crippen LogP contribution < -0.4 is 5.73 Å². The summed E-state index contributed by atoms with van der Waals surface area (Å²) >= 11 is 5.78. The second-order valence-corrected chi connectivity index (χ2v) is 7.45. The van der Waals surface area contributed by atoms with Gasteiger partial charge >= 0.3 is 0 Å². The second-order valence-electron chi connectivity index (χ2n) is 5.07. The molecule has 7 heteroatoms. The maximum atomic E-state index is 13.5. The Bertz CT molecular complexity index is 734. The first-order chi connectivity index (χ1) is 10.9. The van der Waals surface area contributed by atoms with Gasteiger partial charge in [-0.1, -0.05) is 41.9 Å². The fourth-order valence-corrected chi connectivity index (χ4v) is 3.98. The smallest absolute Gasteiger partial charge is 0.243 e. The molecule has 0 bridgehead atoms. The van der Waals surface area contributed by atoms with E-state index in [1.165, 1.54) is 10.4 Å². The second kappa shape index (κ2) is 7.88. The molecule has 2 aromatic rings. The fraction of sp³-hybridized carbons (Fsp3) is 0.250. The van der Waals surface area contributed by atoms with Crippen molar-refractivity contribution in [3.63, 3.8) is 0 Å². The first kappa shape index (κ1) is 17.9. The number of nitrogens with two attached hydrogens (primary N) is 1. The van der Waals surface area contributed by atoms with E-state index in [2.05, 4.69) is 0 Å². The summed E-state index contributed by atoms with van der Waals surface area (Å²) in [6, 6.07) is 12.5. The van der Waals surface area contributed by atoms with Gasteiger partial charge in [-0.25, -0.2) is 12.8 Å². The summed E-state index contributed by atoms with van der Waals surface area (Å²) in [6.07, 6.45) is 0.509. The number of hydrogen-bond donors (Lipinski definition) is 1. The zero-order chi connectivity index (χ0) is 16.9. The van der Waals surface area contributed by atoms with Crippen LogP contribution in [0, 0.1) is 5.82 Å². The van der Waals surface area contributed by atoms with Crippen molar-refractivity contribution in [2.75, 3.05) is 13.1 Å². The number of benzene rings is 2. The van der Waals surface area contributed by atoms with Gasteiger partial charge in [0.2, 0.25) is 10.0 Å². The first-order valence-electron chi connectivity index (χ1n) is 7.13. The van der Waals surface area contributed by atoms with Crippen LogP contribution in [0.25, 0.3) is 0 Å². The molecule has 2 aromatic carbocycles. The zero-order valence-corrected chi connectivity index (χ0v) is 14.0. The van der Waals surface area contributed by atoms with Crippen LogP contribution in [-0.4, -0.2) is 25.8 Å². The lowest BCUT2D eigenvalue weighted by molar-refractivity contribution is 0.401. The summed E-state index contributed by atoms with van der Waals surface area (Å²) in [5.74, 6) is -0.686. The third-order valence-electron chi connectivity index (χ3n) is 3.29. The lowest BCUT2D eigenvalue weighted by Gasteiger charge is -2.22. The van der Waals surface area contributed by atoms with Crippen molar-refractivity contribution in [2.24, 2.45) is 5.73 Å². The predicted molar refractivity (Wildman–Crippen MR) is 89.1 cm³/mol. The van der Waals surface area contributed by atoms with E-state index in [9.17, 15) is 12.8 Å². The van der Waals surface area contributed by atoms with Crippen LogP contribution in [0.1, 0.15) is 12.0 Å². The van der Waals surface area contributed by atoms with E-state index in [0.29, 0.717) is 13.0 Å². The van der Waals surface area contributed by atoms with Crippen molar-refractivity contribution in [3.05, 3.63) is 64.9 Å². The van der Waals surface area contributed by atoms with E-state index in [-0.39, 0.29) is 23.0 Å². The molecule has 0 spiro atoms. The van der Waals surface area contributed by atoms with Gasteiger partial charge in [-0.15, -0.1) is 0 Å². The topological polar surface area (TPSA) is 63.4 Å². The molecule has 0 radical (unpaired) electrons. The number of nitrogens with zero attached hydrogens (tertiary/aromatic N) is 1. The Morgan fingerprint density at radius 2 is 1.83 bits per heavy atom. The number of hydrogen-bond acceptors (Lipinski definition) is 3. The Labute approximate surface area is 140 Å². The number of rotatable bonds is 7. The van der Waals surface area contributed by atoms with E-state index in [0.717, 1.165) is 17.7 Å². The molecule has 0 atom stereocenters. The average Bonchev–Trinajstić information content (AvgIpc) is 2.51. The SMILES string of the molecule is NCCCN(Cc1ccccc1)S(=O)(=O)c1cc(F)cc(Cl)c1. The molecule has 0 heterocycles. The molecular formula is C16H18ClFN2O2S. The van der Waals surface area contributed by atoms with Crippen LogP contribution in [0.5, 0.6) is 0 Å². The minimum absolute atomic E-state index is 0.0436. The van der Waals surface area contributed by atoms with Crippen molar-refractivity contribution in [3.8, 4) is 0 Å². The van der Waals surface area contributed by atoms with Crippen LogP contribution in [0.15, 0.2) is 53.4 Å². The zero-order valence-electron chi connectivity index (χ0n) is 12.5. The lowest BCUT2D eigenvalue weighted by atomic mass is 10.2. The van der Waals surface area contributed by atoms with Crippen LogP contribution in [0.4, 0.5) is 4.39 Å². The van der Waals surface area contributed by atoms with Gasteiger partial charge in [0.05, 0.1) is 4.90 Å². The molecule has 0 amide bonds. The van der Waals surface area contributed by atoms with Crippen molar-refractivity contribution < 1.29 is 12.8 Å². The minimum atomic E-state index is -3.86. The average molecular weight is 357 g/mol. The Morgan fingerprint density at radius 3 is 2.43 bits per heavy atom. The van der Waals surface area contributed by atoms with Crippen molar-refractivity contribution >= 4 is 21.6 Å². The summed E-state index contributed by atoms with van der Waals surface area (Å²) in [5.41, 5.74) is 6.34. The lowest BCUT2D eigenvalue weighted by Crippen LogP contribution is -2.32. The third kappa shape index (κ3) is 4.75. The Hall–Kier alpha value is -1.47. The molecule has 2 rings (SSSR count). The summed E-state index contributed by atoms with van der Waals surface area (Å²) in [6.45, 7) is 0.809. The molecule has 2 N–H and O–H groups in total. The summed E-state index contributed by atoms with van der Waals surface area (Å²) in [7, 11) is -3.86.